The van der Waals surface area contributed by atoms with Gasteiger partial charge in [-0.05, 0) is 0 Å². The minimum Gasteiger partial charge on any atom is -0.465 e. The van der Waals surface area contributed by atoms with Gasteiger partial charge in [0.25, 0.3) is 0 Å². The molecule has 1 N–H and O–H groups in total. The molecule has 0 atom stereocenters. The summed E-state index contributed by atoms with van der Waals surface area (Å²) in [6.07, 6.45) is 3.30. The SMILES string of the molecule is COC(=O)c1cnc(NCc2cncs2)s1. The smallest absolute Gasteiger partial charge is 0.349 e. The van der Waals surface area contributed by atoms with Crippen LogP contribution in [0.2, 0.25) is 0 Å². The van der Waals surface area contributed by atoms with Gasteiger partial charge >= 0.3 is 5.97 Å². The van der Waals surface area contributed by atoms with Gasteiger partial charge in [0.15, 0.2) is 5.13 Å². The van der Waals surface area contributed by atoms with E-state index in [1.54, 1.807) is 23.0 Å². The molecule has 0 aromatic carbocycles. The van der Waals surface area contributed by atoms with Crippen LogP contribution in [0.1, 0.15) is 14.5 Å². The highest BCUT2D eigenvalue weighted by Gasteiger charge is 2.10. The maximum atomic E-state index is 11.2. The van der Waals surface area contributed by atoms with Crippen molar-refractivity contribution in [1.82, 2.24) is 9.97 Å². The van der Waals surface area contributed by atoms with Crippen LogP contribution < -0.4 is 5.32 Å². The van der Waals surface area contributed by atoms with Gasteiger partial charge in [0.1, 0.15) is 4.88 Å². The molecule has 0 saturated carbocycles. The first-order valence-electron chi connectivity index (χ1n) is 4.45. The molecule has 0 aliphatic heterocycles. The number of carbonyl (C=O) groups is 1. The van der Waals surface area contributed by atoms with E-state index in [0.717, 1.165) is 4.88 Å². The Bertz CT molecular complexity index is 467. The zero-order valence-corrected chi connectivity index (χ0v) is 10.1. The summed E-state index contributed by atoms with van der Waals surface area (Å²) >= 11 is 2.85. The molecule has 0 amide bonds. The number of nitrogens with one attached hydrogen (secondary N) is 1. The summed E-state index contributed by atoms with van der Waals surface area (Å²) in [7, 11) is 1.35. The fourth-order valence-electron chi connectivity index (χ4n) is 1.04. The number of nitrogens with zero attached hydrogens (tertiary/aromatic N) is 2. The minimum atomic E-state index is -0.358. The highest BCUT2D eigenvalue weighted by molar-refractivity contribution is 7.17. The summed E-state index contributed by atoms with van der Waals surface area (Å²) in [4.78, 5) is 20.8. The molecule has 0 fully saturated rings. The quantitative estimate of drug-likeness (QED) is 0.846. The maximum Gasteiger partial charge on any atom is 0.349 e. The fraction of sp³-hybridized carbons (Fsp3) is 0.222. The van der Waals surface area contributed by atoms with E-state index in [4.69, 9.17) is 0 Å². The number of carbonyl (C=O) groups excluding carboxylic acids is 1. The van der Waals surface area contributed by atoms with Gasteiger partial charge in [-0.1, -0.05) is 11.3 Å². The number of hydrogen-bond acceptors (Lipinski definition) is 7. The zero-order valence-electron chi connectivity index (χ0n) is 8.47. The van der Waals surface area contributed by atoms with E-state index in [0.29, 0.717) is 16.6 Å². The number of hydrogen-bond donors (Lipinski definition) is 1. The van der Waals surface area contributed by atoms with Crippen LogP contribution in [0.4, 0.5) is 5.13 Å². The van der Waals surface area contributed by atoms with Crippen LogP contribution in [0, 0.1) is 0 Å². The number of thiazole rings is 2. The van der Waals surface area contributed by atoms with Gasteiger partial charge < -0.3 is 10.1 Å². The highest BCUT2D eigenvalue weighted by atomic mass is 32.1. The summed E-state index contributed by atoms with van der Waals surface area (Å²) < 4.78 is 4.60. The van der Waals surface area contributed by atoms with E-state index in [-0.39, 0.29) is 5.97 Å². The minimum absolute atomic E-state index is 0.358. The van der Waals surface area contributed by atoms with Crippen LogP contribution in [0.25, 0.3) is 0 Å². The van der Waals surface area contributed by atoms with Crippen molar-refractivity contribution in [3.05, 3.63) is 27.7 Å². The molecule has 84 valence electrons. The average Bonchev–Trinajstić information content (AvgIpc) is 2.96. The molecule has 0 spiro atoms. The van der Waals surface area contributed by atoms with Crippen molar-refractivity contribution in [2.45, 2.75) is 6.54 Å². The van der Waals surface area contributed by atoms with Crippen LogP contribution in [0.5, 0.6) is 0 Å². The maximum absolute atomic E-state index is 11.2. The lowest BCUT2D eigenvalue weighted by atomic mass is 10.5. The first-order valence-corrected chi connectivity index (χ1v) is 6.14. The molecular weight excluding hydrogens is 246 g/mol. The van der Waals surface area contributed by atoms with Crippen LogP contribution >= 0.6 is 22.7 Å². The fourth-order valence-corrected chi connectivity index (χ4v) is 2.31. The number of anilines is 1. The van der Waals surface area contributed by atoms with Crippen molar-refractivity contribution in [3.8, 4) is 0 Å². The summed E-state index contributed by atoms with van der Waals surface area (Å²) in [5, 5.41) is 3.82. The van der Waals surface area contributed by atoms with Gasteiger partial charge in [-0.15, -0.1) is 11.3 Å². The Morgan fingerprint density at radius 3 is 3.12 bits per heavy atom. The van der Waals surface area contributed by atoms with Crippen LogP contribution in [-0.4, -0.2) is 23.0 Å². The molecule has 0 radical (unpaired) electrons. The Kier molecular flexibility index (Phi) is 3.47. The molecular formula is C9H9N3O2S2. The lowest BCUT2D eigenvalue weighted by Gasteiger charge is -1.97. The number of ether oxygens (including phenoxy) is 1. The van der Waals surface area contributed by atoms with Gasteiger partial charge in [0.05, 0.1) is 25.4 Å². The van der Waals surface area contributed by atoms with E-state index in [9.17, 15) is 4.79 Å². The van der Waals surface area contributed by atoms with Gasteiger partial charge in [-0.2, -0.15) is 0 Å². The first-order chi connectivity index (χ1) is 7.79. The third kappa shape index (κ3) is 2.56. The molecule has 5 nitrogen and oxygen atoms in total. The topological polar surface area (TPSA) is 64.1 Å². The summed E-state index contributed by atoms with van der Waals surface area (Å²) in [5.74, 6) is -0.358. The predicted molar refractivity (Wildman–Crippen MR) is 62.9 cm³/mol. The molecule has 2 aromatic rings. The number of rotatable bonds is 4. The molecule has 16 heavy (non-hydrogen) atoms. The van der Waals surface area contributed by atoms with E-state index in [2.05, 4.69) is 20.0 Å². The molecule has 0 aliphatic rings. The Morgan fingerprint density at radius 2 is 2.44 bits per heavy atom. The van der Waals surface area contributed by atoms with Crippen LogP contribution in [0.3, 0.4) is 0 Å². The normalized spacial score (nSPS) is 10.1. The monoisotopic (exact) mass is 255 g/mol. The lowest BCUT2D eigenvalue weighted by molar-refractivity contribution is 0.0606. The molecule has 2 rings (SSSR count). The van der Waals surface area contributed by atoms with Crippen molar-refractivity contribution in [2.75, 3.05) is 12.4 Å². The molecule has 7 heteroatoms. The Labute approximate surface area is 100 Å². The summed E-state index contributed by atoms with van der Waals surface area (Å²) in [5.41, 5.74) is 1.78. The standard InChI is InChI=1S/C9H9N3O2S2/c1-14-8(13)7-4-12-9(16-7)11-3-6-2-10-5-15-6/h2,4-5H,3H2,1H3,(H,11,12). The van der Waals surface area contributed by atoms with Gasteiger partial charge in [-0.25, -0.2) is 9.78 Å². The Morgan fingerprint density at radius 1 is 1.56 bits per heavy atom. The van der Waals surface area contributed by atoms with E-state index in [1.165, 1.54) is 24.6 Å². The molecule has 0 saturated heterocycles. The van der Waals surface area contributed by atoms with Crippen molar-refractivity contribution < 1.29 is 9.53 Å². The van der Waals surface area contributed by atoms with Crippen LogP contribution in [0.15, 0.2) is 17.9 Å². The lowest BCUT2D eigenvalue weighted by Crippen LogP contribution is -1.97. The summed E-state index contributed by atoms with van der Waals surface area (Å²) in [6, 6.07) is 0. The second-order valence-corrected chi connectivity index (χ2v) is 4.84. The molecule has 0 unspecified atom stereocenters. The van der Waals surface area contributed by atoms with Crippen molar-refractivity contribution in [3.63, 3.8) is 0 Å². The van der Waals surface area contributed by atoms with Crippen molar-refractivity contribution >= 4 is 33.8 Å². The van der Waals surface area contributed by atoms with E-state index >= 15 is 0 Å². The average molecular weight is 255 g/mol. The summed E-state index contributed by atoms with van der Waals surface area (Å²) in [6.45, 7) is 0.665. The van der Waals surface area contributed by atoms with E-state index in [1.807, 2.05) is 0 Å². The third-order valence-electron chi connectivity index (χ3n) is 1.79. The zero-order chi connectivity index (χ0) is 11.4. The Balaban J connectivity index is 1.95. The van der Waals surface area contributed by atoms with Gasteiger partial charge in [0.2, 0.25) is 0 Å². The first kappa shape index (κ1) is 11.0. The van der Waals surface area contributed by atoms with Crippen LogP contribution in [-0.2, 0) is 11.3 Å². The predicted octanol–water partition coefficient (Wildman–Crippen LogP) is 2.00. The number of aromatic nitrogens is 2. The molecule has 0 bridgehead atoms. The van der Waals surface area contributed by atoms with Gasteiger partial charge in [0, 0.05) is 11.1 Å². The number of methoxy groups -OCH3 is 1. The third-order valence-corrected chi connectivity index (χ3v) is 3.50. The Hall–Kier alpha value is -1.47. The number of esters is 1. The molecule has 2 heterocycles. The second kappa shape index (κ2) is 5.04. The highest BCUT2D eigenvalue weighted by Crippen LogP contribution is 2.19. The van der Waals surface area contributed by atoms with Gasteiger partial charge in [-0.3, -0.25) is 4.98 Å². The van der Waals surface area contributed by atoms with Crippen molar-refractivity contribution in [2.24, 2.45) is 0 Å². The van der Waals surface area contributed by atoms with Crippen molar-refractivity contribution in [1.29, 1.82) is 0 Å². The second-order valence-electron chi connectivity index (χ2n) is 2.84. The molecule has 0 aliphatic carbocycles. The molecule has 2 aromatic heterocycles. The largest absolute Gasteiger partial charge is 0.465 e. The van der Waals surface area contributed by atoms with E-state index < -0.39 is 0 Å².